The van der Waals surface area contributed by atoms with E-state index in [1.165, 1.54) is 5.56 Å². The lowest BCUT2D eigenvalue weighted by Crippen LogP contribution is -2.43. The number of aromatic nitrogens is 1. The standard InChI is InChI=1S/C12H19N3O.C2H6/c1-14-4-6-15(7-5-14)9-11-2-3-12(10-16)13-8-11;1-2/h2-3,8,16H,4-7,9-10H2,1H3;1-2H3. The van der Waals surface area contributed by atoms with Crippen LogP contribution in [0.3, 0.4) is 0 Å². The molecule has 1 aromatic heterocycles. The Kier molecular flexibility index (Phi) is 6.86. The zero-order valence-electron chi connectivity index (χ0n) is 11.8. The predicted octanol–water partition coefficient (Wildman–Crippen LogP) is 1.35. The predicted molar refractivity (Wildman–Crippen MR) is 74.3 cm³/mol. The molecule has 1 aliphatic rings. The van der Waals surface area contributed by atoms with Gasteiger partial charge >= 0.3 is 0 Å². The Bertz CT molecular complexity index is 318. The number of pyridine rings is 1. The van der Waals surface area contributed by atoms with Crippen LogP contribution in [0.4, 0.5) is 0 Å². The Labute approximate surface area is 110 Å². The second kappa shape index (κ2) is 8.19. The average molecular weight is 251 g/mol. The molecule has 0 saturated carbocycles. The van der Waals surface area contributed by atoms with E-state index in [-0.39, 0.29) is 6.61 Å². The molecular formula is C14H25N3O. The van der Waals surface area contributed by atoms with Crippen molar-refractivity contribution in [2.75, 3.05) is 33.2 Å². The number of aliphatic hydroxyl groups is 1. The first-order valence-electron chi connectivity index (χ1n) is 6.73. The van der Waals surface area contributed by atoms with Crippen LogP contribution in [-0.2, 0) is 13.2 Å². The number of nitrogens with zero attached hydrogens (tertiary/aromatic N) is 3. The van der Waals surface area contributed by atoms with Crippen molar-refractivity contribution < 1.29 is 5.11 Å². The fraction of sp³-hybridized carbons (Fsp3) is 0.643. The maximum absolute atomic E-state index is 8.90. The van der Waals surface area contributed by atoms with Crippen LogP contribution in [0.25, 0.3) is 0 Å². The monoisotopic (exact) mass is 251 g/mol. The third-order valence-electron chi connectivity index (χ3n) is 3.05. The Morgan fingerprint density at radius 1 is 1.17 bits per heavy atom. The van der Waals surface area contributed by atoms with E-state index >= 15 is 0 Å². The Morgan fingerprint density at radius 2 is 1.83 bits per heavy atom. The molecule has 0 atom stereocenters. The zero-order valence-corrected chi connectivity index (χ0v) is 11.8. The molecule has 0 aliphatic carbocycles. The molecule has 1 aliphatic heterocycles. The molecule has 0 unspecified atom stereocenters. The largest absolute Gasteiger partial charge is 0.390 e. The highest BCUT2D eigenvalue weighted by Crippen LogP contribution is 2.07. The minimum absolute atomic E-state index is 0.0226. The molecule has 0 radical (unpaired) electrons. The zero-order chi connectivity index (χ0) is 13.4. The number of aliphatic hydroxyl groups excluding tert-OH is 1. The van der Waals surface area contributed by atoms with Gasteiger partial charge in [0.1, 0.15) is 0 Å². The molecule has 1 aromatic rings. The minimum atomic E-state index is 0.0226. The van der Waals surface area contributed by atoms with Gasteiger partial charge in [0.05, 0.1) is 12.3 Å². The fourth-order valence-corrected chi connectivity index (χ4v) is 1.91. The van der Waals surface area contributed by atoms with Gasteiger partial charge in [0.25, 0.3) is 0 Å². The summed E-state index contributed by atoms with van der Waals surface area (Å²) in [4.78, 5) is 8.98. The molecule has 102 valence electrons. The van der Waals surface area contributed by atoms with Crippen molar-refractivity contribution in [2.45, 2.75) is 27.0 Å². The number of rotatable bonds is 3. The maximum atomic E-state index is 8.90. The van der Waals surface area contributed by atoms with Crippen molar-refractivity contribution in [2.24, 2.45) is 0 Å². The Hall–Kier alpha value is -0.970. The highest BCUT2D eigenvalue weighted by atomic mass is 16.3. The normalized spacial score (nSPS) is 17.1. The van der Waals surface area contributed by atoms with Gasteiger partial charge in [-0.1, -0.05) is 19.9 Å². The van der Waals surface area contributed by atoms with E-state index in [2.05, 4.69) is 27.9 Å². The topological polar surface area (TPSA) is 39.6 Å². The van der Waals surface area contributed by atoms with Gasteiger partial charge in [-0.3, -0.25) is 9.88 Å². The molecule has 2 rings (SSSR count). The van der Waals surface area contributed by atoms with Crippen LogP contribution in [0.15, 0.2) is 18.3 Å². The molecule has 4 nitrogen and oxygen atoms in total. The quantitative estimate of drug-likeness (QED) is 0.880. The number of hydrogen-bond acceptors (Lipinski definition) is 4. The van der Waals surface area contributed by atoms with Crippen molar-refractivity contribution in [3.05, 3.63) is 29.6 Å². The van der Waals surface area contributed by atoms with Crippen LogP contribution in [0, 0.1) is 0 Å². The van der Waals surface area contributed by atoms with E-state index in [1.807, 2.05) is 26.1 Å². The summed E-state index contributed by atoms with van der Waals surface area (Å²) in [5.74, 6) is 0. The van der Waals surface area contributed by atoms with Crippen molar-refractivity contribution in [3.8, 4) is 0 Å². The molecule has 4 heteroatoms. The first kappa shape index (κ1) is 15.1. The van der Waals surface area contributed by atoms with Crippen LogP contribution in [-0.4, -0.2) is 53.1 Å². The lowest BCUT2D eigenvalue weighted by atomic mass is 10.2. The van der Waals surface area contributed by atoms with Gasteiger partial charge in [-0.05, 0) is 18.7 Å². The lowest BCUT2D eigenvalue weighted by Gasteiger charge is -2.32. The summed E-state index contributed by atoms with van der Waals surface area (Å²) < 4.78 is 0. The summed E-state index contributed by atoms with van der Waals surface area (Å²) in [5.41, 5.74) is 1.96. The average Bonchev–Trinajstić information content (AvgIpc) is 2.44. The van der Waals surface area contributed by atoms with Crippen LogP contribution < -0.4 is 0 Å². The van der Waals surface area contributed by atoms with Crippen molar-refractivity contribution >= 4 is 0 Å². The van der Waals surface area contributed by atoms with E-state index in [1.54, 1.807) is 0 Å². The molecule has 0 aromatic carbocycles. The lowest BCUT2D eigenvalue weighted by molar-refractivity contribution is 0.148. The maximum Gasteiger partial charge on any atom is 0.0852 e. The Morgan fingerprint density at radius 3 is 2.33 bits per heavy atom. The summed E-state index contributed by atoms with van der Waals surface area (Å²) in [6.07, 6.45) is 1.86. The molecular weight excluding hydrogens is 226 g/mol. The first-order chi connectivity index (χ1) is 8.78. The van der Waals surface area contributed by atoms with E-state index in [4.69, 9.17) is 5.11 Å². The highest BCUT2D eigenvalue weighted by Gasteiger charge is 2.13. The van der Waals surface area contributed by atoms with Crippen LogP contribution in [0.2, 0.25) is 0 Å². The number of likely N-dealkylation sites (N-methyl/N-ethyl adjacent to an activating group) is 1. The summed E-state index contributed by atoms with van der Waals surface area (Å²) in [5, 5.41) is 8.90. The smallest absolute Gasteiger partial charge is 0.0852 e. The van der Waals surface area contributed by atoms with Crippen LogP contribution in [0.1, 0.15) is 25.1 Å². The van der Waals surface area contributed by atoms with Gasteiger partial charge in [-0.2, -0.15) is 0 Å². The molecule has 0 bridgehead atoms. The summed E-state index contributed by atoms with van der Waals surface area (Å²) >= 11 is 0. The second-order valence-electron chi connectivity index (χ2n) is 4.40. The molecule has 0 spiro atoms. The first-order valence-corrected chi connectivity index (χ1v) is 6.73. The van der Waals surface area contributed by atoms with Gasteiger partial charge in [0.15, 0.2) is 0 Å². The van der Waals surface area contributed by atoms with E-state index in [0.29, 0.717) is 0 Å². The Balaban J connectivity index is 0.000000771. The van der Waals surface area contributed by atoms with Crippen LogP contribution in [0.5, 0.6) is 0 Å². The highest BCUT2D eigenvalue weighted by molar-refractivity contribution is 5.13. The fourth-order valence-electron chi connectivity index (χ4n) is 1.91. The van der Waals surface area contributed by atoms with E-state index in [9.17, 15) is 0 Å². The number of hydrogen-bond donors (Lipinski definition) is 1. The summed E-state index contributed by atoms with van der Waals surface area (Å²) in [6.45, 7) is 9.52. The molecule has 0 amide bonds. The molecule has 1 fully saturated rings. The summed E-state index contributed by atoms with van der Waals surface area (Å²) in [7, 11) is 2.16. The van der Waals surface area contributed by atoms with Crippen LogP contribution >= 0.6 is 0 Å². The molecule has 2 heterocycles. The van der Waals surface area contributed by atoms with E-state index in [0.717, 1.165) is 38.4 Å². The summed E-state index contributed by atoms with van der Waals surface area (Å²) in [6, 6.07) is 3.95. The van der Waals surface area contributed by atoms with Gasteiger partial charge in [0.2, 0.25) is 0 Å². The molecule has 18 heavy (non-hydrogen) atoms. The van der Waals surface area contributed by atoms with Gasteiger partial charge in [-0.25, -0.2) is 0 Å². The molecule has 1 saturated heterocycles. The van der Waals surface area contributed by atoms with Crippen molar-refractivity contribution in [1.82, 2.24) is 14.8 Å². The third kappa shape index (κ3) is 4.72. The SMILES string of the molecule is CC.CN1CCN(Cc2ccc(CO)nc2)CC1. The molecule has 1 N–H and O–H groups in total. The second-order valence-corrected chi connectivity index (χ2v) is 4.40. The minimum Gasteiger partial charge on any atom is -0.390 e. The number of piperazine rings is 1. The van der Waals surface area contributed by atoms with Gasteiger partial charge < -0.3 is 10.0 Å². The van der Waals surface area contributed by atoms with Gasteiger partial charge in [0, 0.05) is 38.9 Å². The third-order valence-corrected chi connectivity index (χ3v) is 3.05. The van der Waals surface area contributed by atoms with Crippen molar-refractivity contribution in [3.63, 3.8) is 0 Å². The van der Waals surface area contributed by atoms with E-state index < -0.39 is 0 Å². The van der Waals surface area contributed by atoms with Crippen molar-refractivity contribution in [1.29, 1.82) is 0 Å². The van der Waals surface area contributed by atoms with Gasteiger partial charge in [-0.15, -0.1) is 0 Å².